The molecule has 0 saturated carbocycles. The topological polar surface area (TPSA) is 87.7 Å². The minimum atomic E-state index is -0.838. The van der Waals surface area contributed by atoms with Crippen LogP contribution >= 0.6 is 0 Å². The lowest BCUT2D eigenvalue weighted by Gasteiger charge is -2.25. The summed E-state index contributed by atoms with van der Waals surface area (Å²) >= 11 is 0. The Morgan fingerprint density at radius 1 is 0.964 bits per heavy atom. The van der Waals surface area contributed by atoms with E-state index in [1.165, 1.54) is 0 Å². The van der Waals surface area contributed by atoms with Gasteiger partial charge < -0.3 is 20.5 Å². The van der Waals surface area contributed by atoms with Crippen molar-refractivity contribution < 1.29 is 19.4 Å². The second kappa shape index (κ2) is 9.90. The summed E-state index contributed by atoms with van der Waals surface area (Å²) in [5, 5.41) is 15.2. The van der Waals surface area contributed by atoms with Gasteiger partial charge in [-0.15, -0.1) is 0 Å². The van der Waals surface area contributed by atoms with Crippen molar-refractivity contribution in [2.24, 2.45) is 0 Å². The molecule has 0 saturated heterocycles. The van der Waals surface area contributed by atoms with Crippen molar-refractivity contribution in [1.82, 2.24) is 10.6 Å². The highest BCUT2D eigenvalue weighted by Crippen LogP contribution is 2.13. The van der Waals surface area contributed by atoms with E-state index >= 15 is 0 Å². The molecule has 0 fully saturated rings. The van der Waals surface area contributed by atoms with Crippen molar-refractivity contribution in [3.63, 3.8) is 0 Å². The molecule has 2 rings (SSSR count). The summed E-state index contributed by atoms with van der Waals surface area (Å²) in [6.07, 6.45) is -0.359. The van der Waals surface area contributed by atoms with Gasteiger partial charge >= 0.3 is 6.09 Å². The molecule has 2 amide bonds. The van der Waals surface area contributed by atoms with Gasteiger partial charge in [0, 0.05) is 6.42 Å². The zero-order valence-corrected chi connectivity index (χ0v) is 16.5. The number of nitrogens with one attached hydrogen (secondary N) is 2. The molecule has 0 aliphatic rings. The summed E-state index contributed by atoms with van der Waals surface area (Å²) in [6.45, 7) is 5.03. The molecular weight excluding hydrogens is 356 g/mol. The monoisotopic (exact) mass is 384 g/mol. The first-order chi connectivity index (χ1) is 13.3. The van der Waals surface area contributed by atoms with Crippen LogP contribution in [0.1, 0.15) is 37.9 Å². The van der Waals surface area contributed by atoms with E-state index in [2.05, 4.69) is 10.6 Å². The Morgan fingerprint density at radius 3 is 2.07 bits per heavy atom. The molecule has 150 valence electrons. The van der Waals surface area contributed by atoms with Gasteiger partial charge in [-0.25, -0.2) is 4.79 Å². The average molecular weight is 384 g/mol. The number of hydrogen-bond donors (Lipinski definition) is 3. The maximum Gasteiger partial charge on any atom is 0.408 e. The average Bonchev–Trinajstić information content (AvgIpc) is 2.65. The maximum absolute atomic E-state index is 12.9. The van der Waals surface area contributed by atoms with E-state index in [1.807, 2.05) is 60.7 Å². The van der Waals surface area contributed by atoms with Crippen molar-refractivity contribution in [2.45, 2.75) is 44.9 Å². The molecule has 2 aromatic carbocycles. The van der Waals surface area contributed by atoms with Crippen LogP contribution in [0.2, 0.25) is 0 Å². The Morgan fingerprint density at radius 2 is 1.54 bits per heavy atom. The fraction of sp³-hybridized carbons (Fsp3) is 0.364. The summed E-state index contributed by atoms with van der Waals surface area (Å²) in [5.74, 6) is -0.391. The molecule has 6 nitrogen and oxygen atoms in total. The van der Waals surface area contributed by atoms with Crippen LogP contribution in [0.5, 0.6) is 0 Å². The number of rotatable bonds is 7. The molecule has 6 heteroatoms. The van der Waals surface area contributed by atoms with Crippen molar-refractivity contribution in [1.29, 1.82) is 0 Å². The van der Waals surface area contributed by atoms with Crippen molar-refractivity contribution in [3.8, 4) is 0 Å². The lowest BCUT2D eigenvalue weighted by atomic mass is 10.0. The standard InChI is InChI=1S/C22H28N2O4/c1-22(2,3)28-21(27)24-18(14-16-10-6-4-7-11-16)20(26)23-19(15-25)17-12-8-5-9-13-17/h4-13,18-19,25H,14-15H2,1-3H3,(H,23,26)(H,24,27)/t18-,19+/m0/s1. The van der Waals surface area contributed by atoms with Crippen LogP contribution in [0.25, 0.3) is 0 Å². The smallest absolute Gasteiger partial charge is 0.408 e. The molecule has 0 heterocycles. The first kappa shape index (κ1) is 21.4. The Labute approximate surface area is 165 Å². The molecule has 0 spiro atoms. The van der Waals surface area contributed by atoms with Crippen LogP contribution in [-0.4, -0.2) is 35.4 Å². The third-order valence-corrected chi connectivity index (χ3v) is 3.99. The molecule has 0 aliphatic heterocycles. The number of carbonyl (C=O) groups is 2. The normalized spacial score (nSPS) is 13.3. The molecular formula is C22H28N2O4. The first-order valence-corrected chi connectivity index (χ1v) is 9.28. The Balaban J connectivity index is 2.14. The predicted molar refractivity (Wildman–Crippen MR) is 108 cm³/mol. The molecule has 3 N–H and O–H groups in total. The van der Waals surface area contributed by atoms with Crippen LogP contribution in [0.4, 0.5) is 4.79 Å². The van der Waals surface area contributed by atoms with Crippen molar-refractivity contribution in [3.05, 3.63) is 71.8 Å². The Kier molecular flexibility index (Phi) is 7.58. The maximum atomic E-state index is 12.9. The predicted octanol–water partition coefficient (Wildman–Crippen LogP) is 2.97. The molecule has 0 bridgehead atoms. The van der Waals surface area contributed by atoms with Crippen LogP contribution in [0.15, 0.2) is 60.7 Å². The van der Waals surface area contributed by atoms with Crippen LogP contribution in [0.3, 0.4) is 0 Å². The highest BCUT2D eigenvalue weighted by molar-refractivity contribution is 5.86. The van der Waals surface area contributed by atoms with Crippen molar-refractivity contribution >= 4 is 12.0 Å². The summed E-state index contributed by atoms with van der Waals surface area (Å²) in [7, 11) is 0. The van der Waals surface area contributed by atoms with E-state index in [4.69, 9.17) is 4.74 Å². The zero-order valence-electron chi connectivity index (χ0n) is 16.5. The largest absolute Gasteiger partial charge is 0.444 e. The Bertz CT molecular complexity index is 757. The lowest BCUT2D eigenvalue weighted by molar-refractivity contribution is -0.124. The molecule has 28 heavy (non-hydrogen) atoms. The van der Waals surface area contributed by atoms with Gasteiger partial charge in [-0.2, -0.15) is 0 Å². The van der Waals surface area contributed by atoms with Gasteiger partial charge in [-0.3, -0.25) is 4.79 Å². The minimum absolute atomic E-state index is 0.250. The quantitative estimate of drug-likeness (QED) is 0.685. The molecule has 2 atom stereocenters. The molecule has 0 radical (unpaired) electrons. The fourth-order valence-corrected chi connectivity index (χ4v) is 2.70. The van der Waals surface area contributed by atoms with E-state index in [-0.39, 0.29) is 6.61 Å². The van der Waals surface area contributed by atoms with E-state index in [0.29, 0.717) is 6.42 Å². The highest BCUT2D eigenvalue weighted by atomic mass is 16.6. The highest BCUT2D eigenvalue weighted by Gasteiger charge is 2.26. The SMILES string of the molecule is CC(C)(C)OC(=O)N[C@@H](Cc1ccccc1)C(=O)N[C@H](CO)c1ccccc1. The first-order valence-electron chi connectivity index (χ1n) is 9.28. The second-order valence-electron chi connectivity index (χ2n) is 7.54. The van der Waals surface area contributed by atoms with E-state index in [9.17, 15) is 14.7 Å². The fourth-order valence-electron chi connectivity index (χ4n) is 2.70. The second-order valence-corrected chi connectivity index (χ2v) is 7.54. The number of alkyl carbamates (subject to hydrolysis) is 1. The zero-order chi connectivity index (χ0) is 20.6. The van der Waals surface area contributed by atoms with Crippen LogP contribution in [0, 0.1) is 0 Å². The third kappa shape index (κ3) is 7.04. The number of benzene rings is 2. The molecule has 0 unspecified atom stereocenters. The van der Waals surface area contributed by atoms with Crippen molar-refractivity contribution in [2.75, 3.05) is 6.61 Å². The minimum Gasteiger partial charge on any atom is -0.444 e. The van der Waals surface area contributed by atoms with E-state index in [0.717, 1.165) is 11.1 Å². The van der Waals surface area contributed by atoms with Crippen LogP contribution < -0.4 is 10.6 Å². The van der Waals surface area contributed by atoms with Gasteiger partial charge in [0.15, 0.2) is 0 Å². The summed E-state index contributed by atoms with van der Waals surface area (Å²) < 4.78 is 5.29. The lowest BCUT2D eigenvalue weighted by Crippen LogP contribution is -2.50. The van der Waals surface area contributed by atoms with Gasteiger partial charge in [0.25, 0.3) is 0 Å². The van der Waals surface area contributed by atoms with Gasteiger partial charge in [0.1, 0.15) is 11.6 Å². The van der Waals surface area contributed by atoms with Gasteiger partial charge in [-0.1, -0.05) is 60.7 Å². The number of hydrogen-bond acceptors (Lipinski definition) is 4. The molecule has 0 aromatic heterocycles. The van der Waals surface area contributed by atoms with Gasteiger partial charge in [0.05, 0.1) is 12.6 Å². The summed E-state index contributed by atoms with van der Waals surface area (Å²) in [6, 6.07) is 17.2. The number of carbonyl (C=O) groups excluding carboxylic acids is 2. The Hall–Kier alpha value is -2.86. The summed E-state index contributed by atoms with van der Waals surface area (Å²) in [4.78, 5) is 25.1. The molecule has 0 aliphatic carbocycles. The van der Waals surface area contributed by atoms with E-state index in [1.54, 1.807) is 20.8 Å². The van der Waals surface area contributed by atoms with Crippen LogP contribution in [-0.2, 0) is 16.0 Å². The number of amides is 2. The third-order valence-electron chi connectivity index (χ3n) is 3.99. The molecule has 2 aromatic rings. The summed E-state index contributed by atoms with van der Waals surface area (Å²) in [5.41, 5.74) is 1.02. The number of aliphatic hydroxyl groups excluding tert-OH is 1. The van der Waals surface area contributed by atoms with E-state index < -0.39 is 29.7 Å². The number of ether oxygens (including phenoxy) is 1. The number of aliphatic hydroxyl groups is 1. The van der Waals surface area contributed by atoms with Gasteiger partial charge in [0.2, 0.25) is 5.91 Å². The van der Waals surface area contributed by atoms with Gasteiger partial charge in [-0.05, 0) is 31.9 Å².